The summed E-state index contributed by atoms with van der Waals surface area (Å²) in [5.74, 6) is -0.309. The van der Waals surface area contributed by atoms with Crippen molar-refractivity contribution in [1.29, 1.82) is 0 Å². The molecular weight excluding hydrogens is 194 g/mol. The average Bonchev–Trinajstić information content (AvgIpc) is 2.24. The van der Waals surface area contributed by atoms with E-state index in [2.05, 4.69) is 0 Å². The van der Waals surface area contributed by atoms with E-state index in [0.717, 1.165) is 24.3 Å². The van der Waals surface area contributed by atoms with E-state index in [9.17, 15) is 10.0 Å². The van der Waals surface area contributed by atoms with Crippen LogP contribution in [-0.4, -0.2) is 28.7 Å². The molecule has 2 aliphatic rings. The molecule has 15 heavy (non-hydrogen) atoms. The smallest absolute Gasteiger partial charge is 0.329 e. The van der Waals surface area contributed by atoms with Crippen LogP contribution in [0.3, 0.4) is 0 Å². The average molecular weight is 212 g/mol. The molecule has 1 heterocycles. The first-order valence-electron chi connectivity index (χ1n) is 5.64. The van der Waals surface area contributed by atoms with Crippen molar-refractivity contribution in [2.24, 2.45) is 0 Å². The SMILES string of the molecule is CC1(C)COC(=O)C2(CCCCC2)N1[O]. The van der Waals surface area contributed by atoms with E-state index < -0.39 is 11.1 Å². The third-order valence-electron chi connectivity index (χ3n) is 3.56. The Kier molecular flexibility index (Phi) is 2.51. The Hall–Kier alpha value is -0.610. The fourth-order valence-corrected chi connectivity index (χ4v) is 2.64. The van der Waals surface area contributed by atoms with Crippen LogP contribution in [0.4, 0.5) is 0 Å². The Bertz CT molecular complexity index is 269. The van der Waals surface area contributed by atoms with Gasteiger partial charge in [0, 0.05) is 0 Å². The molecule has 1 aliphatic heterocycles. The molecule has 1 saturated heterocycles. The van der Waals surface area contributed by atoms with E-state index in [1.807, 2.05) is 13.8 Å². The molecule has 0 aromatic heterocycles. The second kappa shape index (κ2) is 3.46. The van der Waals surface area contributed by atoms with Gasteiger partial charge in [-0.25, -0.2) is 4.79 Å². The van der Waals surface area contributed by atoms with Crippen LogP contribution in [0, 0.1) is 0 Å². The lowest BCUT2D eigenvalue weighted by molar-refractivity contribution is -0.311. The first-order chi connectivity index (χ1) is 6.99. The fraction of sp³-hybridized carbons (Fsp3) is 0.909. The molecule has 4 heteroatoms. The summed E-state index contributed by atoms with van der Waals surface area (Å²) in [6.45, 7) is 3.88. The quantitative estimate of drug-likeness (QED) is 0.574. The predicted octanol–water partition coefficient (Wildman–Crippen LogP) is 1.67. The van der Waals surface area contributed by atoms with Crippen molar-refractivity contribution < 1.29 is 14.7 Å². The van der Waals surface area contributed by atoms with Gasteiger partial charge in [-0.1, -0.05) is 19.3 Å². The van der Waals surface area contributed by atoms with Crippen LogP contribution < -0.4 is 0 Å². The highest BCUT2D eigenvalue weighted by atomic mass is 16.6. The van der Waals surface area contributed by atoms with E-state index >= 15 is 0 Å². The summed E-state index contributed by atoms with van der Waals surface area (Å²) in [6, 6.07) is 0. The van der Waals surface area contributed by atoms with Crippen molar-refractivity contribution in [3.8, 4) is 0 Å². The third kappa shape index (κ3) is 1.56. The highest BCUT2D eigenvalue weighted by Gasteiger charge is 2.55. The van der Waals surface area contributed by atoms with Gasteiger partial charge < -0.3 is 4.74 Å². The number of nitrogens with zero attached hydrogens (tertiary/aromatic N) is 1. The van der Waals surface area contributed by atoms with Gasteiger partial charge in [-0.05, 0) is 26.7 Å². The fourth-order valence-electron chi connectivity index (χ4n) is 2.64. The zero-order valence-electron chi connectivity index (χ0n) is 9.41. The molecule has 0 aromatic carbocycles. The molecule has 1 spiro atoms. The number of ether oxygens (including phenoxy) is 1. The van der Waals surface area contributed by atoms with Crippen LogP contribution in [0.5, 0.6) is 0 Å². The molecule has 1 saturated carbocycles. The van der Waals surface area contributed by atoms with Gasteiger partial charge in [-0.15, -0.1) is 10.3 Å². The summed E-state index contributed by atoms with van der Waals surface area (Å²) < 4.78 is 5.18. The number of morpholine rings is 1. The van der Waals surface area contributed by atoms with Crippen molar-refractivity contribution in [2.75, 3.05) is 6.61 Å². The number of rotatable bonds is 0. The van der Waals surface area contributed by atoms with Crippen LogP contribution in [0.15, 0.2) is 0 Å². The molecular formula is C11H18NO3. The summed E-state index contributed by atoms with van der Waals surface area (Å²) >= 11 is 0. The molecule has 0 unspecified atom stereocenters. The maximum Gasteiger partial charge on any atom is 0.329 e. The molecule has 0 N–H and O–H groups in total. The van der Waals surface area contributed by atoms with Crippen LogP contribution >= 0.6 is 0 Å². The minimum absolute atomic E-state index is 0.205. The molecule has 0 atom stereocenters. The molecule has 0 amide bonds. The largest absolute Gasteiger partial charge is 0.462 e. The number of esters is 1. The first kappa shape index (κ1) is 10.9. The molecule has 2 rings (SSSR count). The molecule has 4 nitrogen and oxygen atoms in total. The third-order valence-corrected chi connectivity index (χ3v) is 3.56. The normalized spacial score (nSPS) is 30.2. The highest BCUT2D eigenvalue weighted by molar-refractivity contribution is 5.81. The second-order valence-corrected chi connectivity index (χ2v) is 5.28. The Morgan fingerprint density at radius 1 is 1.20 bits per heavy atom. The summed E-state index contributed by atoms with van der Waals surface area (Å²) in [6.07, 6.45) is 4.31. The molecule has 0 aromatic rings. The number of hydrogen-bond acceptors (Lipinski definition) is 3. The Labute approximate surface area is 90.2 Å². The summed E-state index contributed by atoms with van der Waals surface area (Å²) in [4.78, 5) is 11.8. The predicted molar refractivity (Wildman–Crippen MR) is 53.4 cm³/mol. The second-order valence-electron chi connectivity index (χ2n) is 5.28. The molecule has 0 bridgehead atoms. The lowest BCUT2D eigenvalue weighted by Gasteiger charge is -2.49. The van der Waals surface area contributed by atoms with Crippen molar-refractivity contribution in [1.82, 2.24) is 5.06 Å². The molecule has 2 fully saturated rings. The monoisotopic (exact) mass is 212 g/mol. The Balaban J connectivity index is 2.29. The van der Waals surface area contributed by atoms with Gasteiger partial charge in [-0.2, -0.15) is 0 Å². The topological polar surface area (TPSA) is 49.4 Å². The standard InChI is InChI=1S/C11H18NO3/c1-10(2)8-15-9(13)11(12(10)14)6-4-3-5-7-11/h3-8H2,1-2H3. The summed E-state index contributed by atoms with van der Waals surface area (Å²) in [7, 11) is 0. The van der Waals surface area contributed by atoms with Gasteiger partial charge in [0.1, 0.15) is 12.1 Å². The molecule has 1 aliphatic carbocycles. The van der Waals surface area contributed by atoms with Crippen molar-refractivity contribution in [3.63, 3.8) is 0 Å². The van der Waals surface area contributed by atoms with Crippen molar-refractivity contribution >= 4 is 5.97 Å². The van der Waals surface area contributed by atoms with Crippen LogP contribution in [0.25, 0.3) is 0 Å². The zero-order chi connectivity index (χ0) is 11.1. The van der Waals surface area contributed by atoms with Gasteiger partial charge in [-0.3, -0.25) is 0 Å². The van der Waals surface area contributed by atoms with E-state index in [-0.39, 0.29) is 12.6 Å². The van der Waals surface area contributed by atoms with E-state index in [4.69, 9.17) is 4.74 Å². The summed E-state index contributed by atoms with van der Waals surface area (Å²) in [5.41, 5.74) is -1.45. The van der Waals surface area contributed by atoms with Gasteiger partial charge in [0.2, 0.25) is 0 Å². The lowest BCUT2D eigenvalue weighted by atomic mass is 9.78. The van der Waals surface area contributed by atoms with E-state index in [0.29, 0.717) is 12.8 Å². The minimum Gasteiger partial charge on any atom is -0.462 e. The maximum absolute atomic E-state index is 12.3. The minimum atomic E-state index is -0.875. The van der Waals surface area contributed by atoms with Gasteiger partial charge in [0.25, 0.3) is 0 Å². The Morgan fingerprint density at radius 2 is 1.80 bits per heavy atom. The lowest BCUT2D eigenvalue weighted by Crippen LogP contribution is -2.67. The number of carbonyl (C=O) groups excluding carboxylic acids is 1. The number of hydrogen-bond donors (Lipinski definition) is 0. The zero-order valence-corrected chi connectivity index (χ0v) is 9.41. The van der Waals surface area contributed by atoms with E-state index in [1.165, 1.54) is 0 Å². The van der Waals surface area contributed by atoms with Crippen LogP contribution in [-0.2, 0) is 14.7 Å². The number of cyclic esters (lactones) is 1. The van der Waals surface area contributed by atoms with Gasteiger partial charge >= 0.3 is 5.97 Å². The maximum atomic E-state index is 12.3. The van der Waals surface area contributed by atoms with Gasteiger partial charge in [0.05, 0.1) is 5.54 Å². The molecule has 1 radical (unpaired) electrons. The van der Waals surface area contributed by atoms with E-state index in [1.54, 1.807) is 0 Å². The molecule has 85 valence electrons. The highest BCUT2D eigenvalue weighted by Crippen LogP contribution is 2.40. The van der Waals surface area contributed by atoms with Crippen molar-refractivity contribution in [3.05, 3.63) is 0 Å². The van der Waals surface area contributed by atoms with Crippen LogP contribution in [0.2, 0.25) is 0 Å². The Morgan fingerprint density at radius 3 is 2.40 bits per heavy atom. The summed E-state index contributed by atoms with van der Waals surface area (Å²) in [5, 5.41) is 13.3. The van der Waals surface area contributed by atoms with Gasteiger partial charge in [0.15, 0.2) is 0 Å². The number of hydroxylamine groups is 2. The van der Waals surface area contributed by atoms with Crippen molar-refractivity contribution in [2.45, 2.75) is 57.0 Å². The van der Waals surface area contributed by atoms with Crippen LogP contribution in [0.1, 0.15) is 46.0 Å². The first-order valence-corrected chi connectivity index (χ1v) is 5.64. The number of carbonyl (C=O) groups is 1.